The fourth-order valence-electron chi connectivity index (χ4n) is 3.92. The van der Waals surface area contributed by atoms with E-state index in [-0.39, 0.29) is 0 Å². The third-order valence-corrected chi connectivity index (χ3v) is 5.39. The Morgan fingerprint density at radius 3 is 2.38 bits per heavy atom. The second-order valence-corrected chi connectivity index (χ2v) is 6.95. The zero-order valence-electron chi connectivity index (χ0n) is 11.8. The van der Waals surface area contributed by atoms with Crippen LogP contribution in [0, 0.1) is 17.8 Å². The van der Waals surface area contributed by atoms with Gasteiger partial charge in [-0.2, -0.15) is 0 Å². The van der Waals surface area contributed by atoms with Gasteiger partial charge in [-0.05, 0) is 57.3 Å². The second-order valence-electron chi connectivity index (χ2n) is 6.95. The van der Waals surface area contributed by atoms with Gasteiger partial charge in [-0.15, -0.1) is 0 Å². The largest absolute Gasteiger partial charge is 0.295 e. The molecule has 3 aliphatic rings. The Morgan fingerprint density at radius 2 is 1.94 bits per heavy atom. The van der Waals surface area contributed by atoms with Gasteiger partial charge in [0.2, 0.25) is 0 Å². The van der Waals surface area contributed by atoms with E-state index < -0.39 is 0 Å². The van der Waals surface area contributed by atoms with Crippen LogP contribution < -0.4 is 0 Å². The molecule has 94 valence electrons. The zero-order chi connectivity index (χ0) is 11.9. The summed E-state index contributed by atoms with van der Waals surface area (Å²) in [7, 11) is 0. The molecule has 2 saturated heterocycles. The minimum atomic E-state index is 0.422. The third kappa shape index (κ3) is 2.03. The maximum atomic E-state index is 2.82. The van der Waals surface area contributed by atoms with Crippen LogP contribution >= 0.6 is 0 Å². The highest BCUT2D eigenvalue weighted by Gasteiger charge is 2.45. The Kier molecular flexibility index (Phi) is 3.36. The zero-order valence-corrected chi connectivity index (χ0v) is 11.8. The Bertz CT molecular complexity index is 244. The van der Waals surface area contributed by atoms with E-state index in [9.17, 15) is 0 Å². The second kappa shape index (κ2) is 4.33. The molecule has 3 fully saturated rings. The predicted octanol–water partition coefficient (Wildman–Crippen LogP) is 3.93. The molecule has 0 radical (unpaired) electrons. The van der Waals surface area contributed by atoms with Crippen molar-refractivity contribution in [2.45, 2.75) is 71.9 Å². The van der Waals surface area contributed by atoms with Crippen molar-refractivity contribution in [1.29, 1.82) is 0 Å². The highest BCUT2D eigenvalue weighted by molar-refractivity contribution is 4.98. The Morgan fingerprint density at radius 1 is 1.25 bits per heavy atom. The Labute approximate surface area is 102 Å². The van der Waals surface area contributed by atoms with Crippen LogP contribution in [0.3, 0.4) is 0 Å². The summed E-state index contributed by atoms with van der Waals surface area (Å²) in [5.74, 6) is 2.87. The first kappa shape index (κ1) is 12.4. The van der Waals surface area contributed by atoms with E-state index in [0.717, 1.165) is 23.8 Å². The lowest BCUT2D eigenvalue weighted by molar-refractivity contribution is -0.0656. The number of nitrogens with zero attached hydrogens (tertiary/aromatic N) is 1. The molecule has 0 aromatic heterocycles. The fourth-order valence-corrected chi connectivity index (χ4v) is 3.92. The number of hydrogen-bond donors (Lipinski definition) is 0. The normalized spacial score (nSPS) is 36.0. The van der Waals surface area contributed by atoms with Gasteiger partial charge in [0.15, 0.2) is 0 Å². The van der Waals surface area contributed by atoms with Crippen molar-refractivity contribution in [2.75, 3.05) is 6.54 Å². The quantitative estimate of drug-likeness (QED) is 0.700. The Balaban J connectivity index is 2.09. The molecular weight excluding hydrogens is 194 g/mol. The van der Waals surface area contributed by atoms with E-state index in [4.69, 9.17) is 0 Å². The molecule has 3 rings (SSSR count). The molecule has 1 saturated carbocycles. The van der Waals surface area contributed by atoms with Gasteiger partial charge in [0.25, 0.3) is 0 Å². The predicted molar refractivity (Wildman–Crippen MR) is 70.5 cm³/mol. The maximum Gasteiger partial charge on any atom is 0.0153 e. The van der Waals surface area contributed by atoms with Crippen molar-refractivity contribution in [1.82, 2.24) is 4.90 Å². The Hall–Kier alpha value is -0.0400. The topological polar surface area (TPSA) is 3.24 Å². The van der Waals surface area contributed by atoms with Crippen molar-refractivity contribution in [3.8, 4) is 0 Å². The molecule has 0 aromatic rings. The van der Waals surface area contributed by atoms with E-state index in [1.807, 2.05) is 0 Å². The molecule has 3 atom stereocenters. The van der Waals surface area contributed by atoms with Gasteiger partial charge in [-0.1, -0.05) is 20.8 Å². The lowest BCUT2D eigenvalue weighted by Crippen LogP contribution is -2.60. The molecule has 0 amide bonds. The van der Waals surface area contributed by atoms with Crippen molar-refractivity contribution < 1.29 is 0 Å². The number of piperidine rings is 2. The van der Waals surface area contributed by atoms with Gasteiger partial charge < -0.3 is 0 Å². The monoisotopic (exact) mass is 223 g/mol. The fraction of sp³-hybridized carbons (Fsp3) is 1.00. The van der Waals surface area contributed by atoms with Crippen LogP contribution in [-0.2, 0) is 0 Å². The number of hydrogen-bond acceptors (Lipinski definition) is 1. The summed E-state index contributed by atoms with van der Waals surface area (Å²) in [4.78, 5) is 2.82. The molecule has 1 nitrogen and oxygen atoms in total. The summed E-state index contributed by atoms with van der Waals surface area (Å²) in [6, 6.07) is 0.882. The van der Waals surface area contributed by atoms with Gasteiger partial charge in [-0.3, -0.25) is 4.90 Å². The first-order valence-electron chi connectivity index (χ1n) is 7.22. The van der Waals surface area contributed by atoms with Gasteiger partial charge in [0, 0.05) is 18.1 Å². The van der Waals surface area contributed by atoms with Crippen molar-refractivity contribution in [3.05, 3.63) is 0 Å². The van der Waals surface area contributed by atoms with Crippen LogP contribution in [0.5, 0.6) is 0 Å². The first-order chi connectivity index (χ1) is 7.45. The third-order valence-electron chi connectivity index (χ3n) is 5.39. The number of fused-ring (bicyclic) bond motifs is 3. The van der Waals surface area contributed by atoms with Crippen LogP contribution in [0.25, 0.3) is 0 Å². The minimum absolute atomic E-state index is 0.422. The van der Waals surface area contributed by atoms with Gasteiger partial charge >= 0.3 is 0 Å². The van der Waals surface area contributed by atoms with Crippen LogP contribution in [0.4, 0.5) is 0 Å². The van der Waals surface area contributed by atoms with Crippen LogP contribution in [0.15, 0.2) is 0 Å². The summed E-state index contributed by atoms with van der Waals surface area (Å²) in [6.45, 7) is 13.4. The molecule has 3 unspecified atom stereocenters. The summed E-state index contributed by atoms with van der Waals surface area (Å²) in [5, 5.41) is 0. The van der Waals surface area contributed by atoms with E-state index in [1.54, 1.807) is 0 Å². The molecular formula is C15H29N. The highest BCUT2D eigenvalue weighted by Crippen LogP contribution is 2.45. The van der Waals surface area contributed by atoms with Crippen molar-refractivity contribution in [3.63, 3.8) is 0 Å². The lowest BCUT2D eigenvalue weighted by Gasteiger charge is -2.56. The highest BCUT2D eigenvalue weighted by atomic mass is 15.2. The molecule has 1 aliphatic carbocycles. The molecule has 0 N–H and O–H groups in total. The van der Waals surface area contributed by atoms with E-state index >= 15 is 0 Å². The molecule has 0 aromatic carbocycles. The minimum Gasteiger partial charge on any atom is -0.295 e. The molecule has 1 heteroatoms. The summed E-state index contributed by atoms with van der Waals surface area (Å²) < 4.78 is 0. The summed E-state index contributed by atoms with van der Waals surface area (Å²) in [6.07, 6.45) is 5.69. The lowest BCUT2D eigenvalue weighted by atomic mass is 9.66. The molecule has 2 aliphatic heterocycles. The van der Waals surface area contributed by atoms with Crippen LogP contribution in [0.2, 0.25) is 0 Å². The summed E-state index contributed by atoms with van der Waals surface area (Å²) in [5.41, 5.74) is 0.422. The average molecular weight is 223 g/mol. The SMILES string of the molecule is CCC(C)(C)N1CC2CCC1CC2C(C)C. The van der Waals surface area contributed by atoms with Crippen molar-refractivity contribution in [2.24, 2.45) is 17.8 Å². The summed E-state index contributed by atoms with van der Waals surface area (Å²) >= 11 is 0. The molecule has 16 heavy (non-hydrogen) atoms. The molecule has 0 spiro atoms. The van der Waals surface area contributed by atoms with Crippen LogP contribution in [0.1, 0.15) is 60.3 Å². The van der Waals surface area contributed by atoms with E-state index in [2.05, 4.69) is 39.5 Å². The van der Waals surface area contributed by atoms with Gasteiger partial charge in [0.1, 0.15) is 0 Å². The van der Waals surface area contributed by atoms with Gasteiger partial charge in [-0.25, -0.2) is 0 Å². The van der Waals surface area contributed by atoms with E-state index in [1.165, 1.54) is 32.2 Å². The average Bonchev–Trinajstić information content (AvgIpc) is 2.29. The smallest absolute Gasteiger partial charge is 0.0153 e. The van der Waals surface area contributed by atoms with Crippen molar-refractivity contribution >= 4 is 0 Å². The molecule has 2 heterocycles. The van der Waals surface area contributed by atoms with Gasteiger partial charge in [0.05, 0.1) is 0 Å². The van der Waals surface area contributed by atoms with E-state index in [0.29, 0.717) is 5.54 Å². The number of rotatable bonds is 3. The van der Waals surface area contributed by atoms with Crippen LogP contribution in [-0.4, -0.2) is 23.0 Å². The first-order valence-corrected chi connectivity index (χ1v) is 7.22. The maximum absolute atomic E-state index is 2.82. The molecule has 2 bridgehead atoms. The standard InChI is InChI=1S/C15H29N/c1-6-15(4,5)16-10-12-7-8-13(16)9-14(12)11(2)3/h11-14H,6-10H2,1-5H3.